The van der Waals surface area contributed by atoms with Crippen LogP contribution >= 0.6 is 12.4 Å². The minimum Gasteiger partial charge on any atom is -0.318 e. The lowest BCUT2D eigenvalue weighted by molar-refractivity contribution is 0.427. The number of piperidine rings is 1. The van der Waals surface area contributed by atoms with E-state index in [9.17, 15) is 8.42 Å². The second-order valence-electron chi connectivity index (χ2n) is 4.93. The zero-order chi connectivity index (χ0) is 12.6. The van der Waals surface area contributed by atoms with E-state index in [1.807, 2.05) is 4.57 Å². The van der Waals surface area contributed by atoms with Gasteiger partial charge < -0.3 is 9.88 Å². The summed E-state index contributed by atoms with van der Waals surface area (Å²) in [5.74, 6) is 0.886. The van der Waals surface area contributed by atoms with Gasteiger partial charge in [0.1, 0.15) is 5.82 Å². The maximum Gasteiger partial charge on any atom is 0.258 e. The van der Waals surface area contributed by atoms with Crippen molar-refractivity contribution in [3.8, 4) is 0 Å². The Bertz CT molecular complexity index is 537. The second kappa shape index (κ2) is 5.78. The molecule has 0 spiro atoms. The largest absolute Gasteiger partial charge is 0.318 e. The predicted octanol–water partition coefficient (Wildman–Crippen LogP) is 0.281. The van der Waals surface area contributed by atoms with Crippen LogP contribution < -0.4 is 10.0 Å². The molecule has 1 atom stereocenters. The quantitative estimate of drug-likeness (QED) is 0.841. The van der Waals surface area contributed by atoms with Gasteiger partial charge in [-0.15, -0.1) is 12.4 Å². The molecule has 1 saturated heterocycles. The van der Waals surface area contributed by atoms with Crippen molar-refractivity contribution < 1.29 is 8.42 Å². The maximum absolute atomic E-state index is 12.3. The molecule has 108 valence electrons. The molecule has 0 unspecified atom stereocenters. The summed E-state index contributed by atoms with van der Waals surface area (Å²) >= 11 is 0. The summed E-state index contributed by atoms with van der Waals surface area (Å²) in [5, 5.41) is 3.53. The molecular formula is C11H19ClN4O2S. The average molecular weight is 307 g/mol. The van der Waals surface area contributed by atoms with Gasteiger partial charge >= 0.3 is 0 Å². The highest BCUT2D eigenvalue weighted by molar-refractivity contribution is 7.89. The van der Waals surface area contributed by atoms with Crippen molar-refractivity contribution in [1.82, 2.24) is 19.6 Å². The van der Waals surface area contributed by atoms with Crippen LogP contribution in [0.5, 0.6) is 0 Å². The van der Waals surface area contributed by atoms with Crippen molar-refractivity contribution in [2.45, 2.75) is 43.3 Å². The molecule has 2 N–H and O–H groups in total. The first-order chi connectivity index (χ1) is 8.67. The van der Waals surface area contributed by atoms with Crippen molar-refractivity contribution in [2.75, 3.05) is 13.1 Å². The molecule has 0 radical (unpaired) electrons. The summed E-state index contributed by atoms with van der Waals surface area (Å²) in [4.78, 5) is 4.18. The van der Waals surface area contributed by atoms with E-state index in [1.165, 1.54) is 6.20 Å². The fraction of sp³-hybridized carbons (Fsp3) is 0.727. The number of hydrogen-bond donors (Lipinski definition) is 2. The van der Waals surface area contributed by atoms with E-state index in [4.69, 9.17) is 0 Å². The van der Waals surface area contributed by atoms with Gasteiger partial charge in [-0.25, -0.2) is 18.1 Å². The number of halogens is 1. The molecule has 0 aliphatic carbocycles. The molecule has 0 amide bonds. The minimum atomic E-state index is -3.43. The molecule has 0 saturated carbocycles. The lowest BCUT2D eigenvalue weighted by atomic mass is 10.1. The number of nitrogens with zero attached hydrogens (tertiary/aromatic N) is 2. The highest BCUT2D eigenvalue weighted by atomic mass is 35.5. The molecular weight excluding hydrogens is 288 g/mol. The van der Waals surface area contributed by atoms with Gasteiger partial charge in [-0.2, -0.15) is 0 Å². The van der Waals surface area contributed by atoms with E-state index in [2.05, 4.69) is 15.0 Å². The fourth-order valence-electron chi connectivity index (χ4n) is 2.68. The molecule has 1 fully saturated rings. The number of aryl methyl sites for hydroxylation is 1. The number of hydrogen-bond acceptors (Lipinski definition) is 4. The molecule has 0 aromatic carbocycles. The number of fused-ring (bicyclic) bond motifs is 1. The van der Waals surface area contributed by atoms with E-state index < -0.39 is 10.0 Å². The Morgan fingerprint density at radius 1 is 1.42 bits per heavy atom. The Kier molecular flexibility index (Phi) is 4.50. The summed E-state index contributed by atoms with van der Waals surface area (Å²) in [6, 6.07) is -0.00342. The van der Waals surface area contributed by atoms with Crippen molar-refractivity contribution in [2.24, 2.45) is 0 Å². The summed E-state index contributed by atoms with van der Waals surface area (Å²) in [6.45, 7) is 2.44. The average Bonchev–Trinajstić information content (AvgIpc) is 2.90. The highest BCUT2D eigenvalue weighted by Gasteiger charge is 2.27. The predicted molar refractivity (Wildman–Crippen MR) is 74.0 cm³/mol. The van der Waals surface area contributed by atoms with Crippen molar-refractivity contribution in [3.63, 3.8) is 0 Å². The molecule has 3 heterocycles. The lowest BCUT2D eigenvalue weighted by Crippen LogP contribution is -2.45. The van der Waals surface area contributed by atoms with Gasteiger partial charge in [0.25, 0.3) is 10.0 Å². The fourth-order valence-corrected chi connectivity index (χ4v) is 4.12. The third-order valence-corrected chi connectivity index (χ3v) is 5.10. The lowest BCUT2D eigenvalue weighted by Gasteiger charge is -2.23. The number of imidazole rings is 1. The Morgan fingerprint density at radius 3 is 3.00 bits per heavy atom. The van der Waals surface area contributed by atoms with Gasteiger partial charge in [0.2, 0.25) is 0 Å². The first-order valence-corrected chi connectivity index (χ1v) is 7.92. The Morgan fingerprint density at radius 2 is 2.26 bits per heavy atom. The molecule has 6 nitrogen and oxygen atoms in total. The van der Waals surface area contributed by atoms with E-state index >= 15 is 0 Å². The van der Waals surface area contributed by atoms with Crippen LogP contribution in [-0.2, 0) is 23.0 Å². The van der Waals surface area contributed by atoms with Crippen LogP contribution in [-0.4, -0.2) is 37.1 Å². The van der Waals surface area contributed by atoms with Gasteiger partial charge in [-0.05, 0) is 25.8 Å². The normalized spacial score (nSPS) is 22.8. The van der Waals surface area contributed by atoms with Gasteiger partial charge in [-0.3, -0.25) is 0 Å². The van der Waals surface area contributed by atoms with Crippen molar-refractivity contribution in [1.29, 1.82) is 0 Å². The van der Waals surface area contributed by atoms with Crippen LogP contribution in [0.1, 0.15) is 25.1 Å². The topological polar surface area (TPSA) is 76.0 Å². The molecule has 19 heavy (non-hydrogen) atoms. The third-order valence-electron chi connectivity index (χ3n) is 3.58. The maximum atomic E-state index is 12.3. The molecule has 1 aromatic rings. The number of aromatic nitrogens is 2. The van der Waals surface area contributed by atoms with E-state index in [1.54, 1.807) is 0 Å². The summed E-state index contributed by atoms with van der Waals surface area (Å²) in [5.41, 5.74) is 0. The van der Waals surface area contributed by atoms with Crippen LogP contribution in [0.15, 0.2) is 11.2 Å². The Hall–Kier alpha value is -0.630. The first-order valence-electron chi connectivity index (χ1n) is 6.44. The summed E-state index contributed by atoms with van der Waals surface area (Å²) in [6.07, 6.45) is 5.25. The third kappa shape index (κ3) is 2.94. The van der Waals surface area contributed by atoms with Crippen LogP contribution in [0.4, 0.5) is 0 Å². The van der Waals surface area contributed by atoms with Crippen LogP contribution in [0.3, 0.4) is 0 Å². The van der Waals surface area contributed by atoms with Gasteiger partial charge in [-0.1, -0.05) is 0 Å². The standard InChI is InChI=1S/C11H18N4O2S.ClH/c16-18(17,14-9-3-1-5-12-7-9)11-8-13-10-4-2-6-15(10)11;/h8-9,12,14H,1-7H2;1H/t9-;/m0./s1. The Labute approximate surface area is 119 Å². The molecule has 0 bridgehead atoms. The van der Waals surface area contributed by atoms with E-state index in [-0.39, 0.29) is 18.4 Å². The summed E-state index contributed by atoms with van der Waals surface area (Å²) < 4.78 is 29.2. The molecule has 8 heteroatoms. The second-order valence-corrected chi connectivity index (χ2v) is 6.59. The molecule has 3 rings (SSSR count). The smallest absolute Gasteiger partial charge is 0.258 e. The van der Waals surface area contributed by atoms with Gasteiger partial charge in [0.15, 0.2) is 5.03 Å². The Balaban J connectivity index is 0.00000133. The van der Waals surface area contributed by atoms with Crippen molar-refractivity contribution in [3.05, 3.63) is 12.0 Å². The SMILES string of the molecule is Cl.O=S(=O)(N[C@H]1CCCNC1)c1cnc2n1CCC2. The van der Waals surface area contributed by atoms with Gasteiger partial charge in [0.05, 0.1) is 6.20 Å². The molecule has 2 aliphatic heterocycles. The van der Waals surface area contributed by atoms with Crippen molar-refractivity contribution >= 4 is 22.4 Å². The molecule has 1 aromatic heterocycles. The first kappa shape index (κ1) is 14.8. The zero-order valence-electron chi connectivity index (χ0n) is 10.6. The zero-order valence-corrected chi connectivity index (χ0v) is 12.3. The van der Waals surface area contributed by atoms with E-state index in [0.717, 1.165) is 44.6 Å². The monoisotopic (exact) mass is 306 g/mol. The summed E-state index contributed by atoms with van der Waals surface area (Å²) in [7, 11) is -3.43. The minimum absolute atomic E-state index is 0. The number of rotatable bonds is 3. The van der Waals surface area contributed by atoms with E-state index in [0.29, 0.717) is 11.6 Å². The highest BCUT2D eigenvalue weighted by Crippen LogP contribution is 2.20. The number of nitrogens with one attached hydrogen (secondary N) is 2. The van der Waals surface area contributed by atoms with Gasteiger partial charge in [0, 0.05) is 25.6 Å². The number of sulfonamides is 1. The molecule has 2 aliphatic rings. The van der Waals surface area contributed by atoms with Crippen LogP contribution in [0.25, 0.3) is 0 Å². The van der Waals surface area contributed by atoms with Crippen LogP contribution in [0.2, 0.25) is 0 Å². The van der Waals surface area contributed by atoms with Crippen LogP contribution in [0, 0.1) is 0 Å².